The quantitative estimate of drug-likeness (QED) is 0.599. The van der Waals surface area contributed by atoms with Crippen LogP contribution >= 0.6 is 11.9 Å². The Kier molecular flexibility index (Phi) is 4.54. The zero-order valence-electron chi connectivity index (χ0n) is 10.4. The smallest absolute Gasteiger partial charge is 0.141 e. The van der Waals surface area contributed by atoms with E-state index < -0.39 is 5.54 Å². The minimum atomic E-state index is -0.669. The van der Waals surface area contributed by atoms with Gasteiger partial charge >= 0.3 is 0 Å². The highest BCUT2D eigenvalue weighted by Crippen LogP contribution is 2.35. The van der Waals surface area contributed by atoms with Crippen molar-refractivity contribution < 1.29 is 13.9 Å². The third-order valence-electron chi connectivity index (χ3n) is 2.48. The van der Waals surface area contributed by atoms with Crippen LogP contribution in [0.25, 0.3) is 0 Å². The summed E-state index contributed by atoms with van der Waals surface area (Å²) in [5, 5.41) is 0. The zero-order chi connectivity index (χ0) is 13.1. The first-order valence-corrected chi connectivity index (χ1v) is 5.90. The molecule has 0 unspecified atom stereocenters. The highest BCUT2D eigenvalue weighted by atomic mass is 32.2. The standard InChI is InChI=1S/C12H16FNO2S/c1-12(2,8-15)14(3)17-11-9(13)6-5-7-10(11)16-4/h5-8H,1-4H3. The second-order valence-electron chi connectivity index (χ2n) is 4.13. The van der Waals surface area contributed by atoms with Gasteiger partial charge in [-0.3, -0.25) is 0 Å². The Morgan fingerprint density at radius 1 is 1.47 bits per heavy atom. The van der Waals surface area contributed by atoms with E-state index in [1.807, 2.05) is 0 Å². The van der Waals surface area contributed by atoms with Crippen molar-refractivity contribution in [3.63, 3.8) is 0 Å². The average molecular weight is 257 g/mol. The number of carbonyl (C=O) groups excluding carboxylic acids is 1. The minimum absolute atomic E-state index is 0.358. The SMILES string of the molecule is COc1cccc(F)c1SN(C)C(C)(C)C=O. The van der Waals surface area contributed by atoms with E-state index in [2.05, 4.69) is 0 Å². The van der Waals surface area contributed by atoms with E-state index in [0.717, 1.165) is 18.2 Å². The summed E-state index contributed by atoms with van der Waals surface area (Å²) in [4.78, 5) is 11.3. The molecule has 1 rings (SSSR count). The van der Waals surface area contributed by atoms with Gasteiger partial charge in [-0.2, -0.15) is 0 Å². The number of rotatable bonds is 5. The molecule has 0 saturated heterocycles. The number of methoxy groups -OCH3 is 1. The second-order valence-corrected chi connectivity index (χ2v) is 5.27. The Balaban J connectivity index is 2.99. The Morgan fingerprint density at radius 3 is 2.65 bits per heavy atom. The van der Waals surface area contributed by atoms with Gasteiger partial charge in [0.1, 0.15) is 22.7 Å². The maximum atomic E-state index is 13.7. The summed E-state index contributed by atoms with van der Waals surface area (Å²) >= 11 is 1.15. The summed E-state index contributed by atoms with van der Waals surface area (Å²) in [6.07, 6.45) is 0.827. The van der Waals surface area contributed by atoms with Crippen molar-refractivity contribution in [2.45, 2.75) is 24.3 Å². The molecule has 0 radical (unpaired) electrons. The van der Waals surface area contributed by atoms with Gasteiger partial charge < -0.3 is 9.53 Å². The topological polar surface area (TPSA) is 29.5 Å². The predicted molar refractivity (Wildman–Crippen MR) is 66.7 cm³/mol. The first kappa shape index (κ1) is 14.0. The Morgan fingerprint density at radius 2 is 2.12 bits per heavy atom. The predicted octanol–water partition coefficient (Wildman–Crippen LogP) is 2.75. The Labute approximate surface area is 105 Å². The van der Waals surface area contributed by atoms with Crippen LogP contribution in [-0.2, 0) is 4.79 Å². The van der Waals surface area contributed by atoms with Gasteiger partial charge in [0.15, 0.2) is 0 Å². The van der Waals surface area contributed by atoms with Crippen LogP contribution in [0.1, 0.15) is 13.8 Å². The van der Waals surface area contributed by atoms with Gasteiger partial charge in [0, 0.05) is 0 Å². The number of nitrogens with zero attached hydrogens (tertiary/aromatic N) is 1. The molecule has 0 aliphatic carbocycles. The fourth-order valence-corrected chi connectivity index (χ4v) is 2.02. The van der Waals surface area contributed by atoms with Crippen LogP contribution in [0, 0.1) is 5.82 Å². The van der Waals surface area contributed by atoms with E-state index in [1.54, 1.807) is 37.3 Å². The first-order chi connectivity index (χ1) is 7.92. The molecule has 0 saturated carbocycles. The Hall–Kier alpha value is -1.07. The molecule has 5 heteroatoms. The number of ether oxygens (including phenoxy) is 1. The molecule has 1 aromatic carbocycles. The van der Waals surface area contributed by atoms with Crippen molar-refractivity contribution >= 4 is 18.2 Å². The Bertz CT molecular complexity index is 409. The largest absolute Gasteiger partial charge is 0.495 e. The van der Waals surface area contributed by atoms with E-state index in [0.29, 0.717) is 10.6 Å². The maximum Gasteiger partial charge on any atom is 0.141 e. The number of hydrogen-bond donors (Lipinski definition) is 0. The lowest BCUT2D eigenvalue weighted by atomic mass is 10.1. The molecule has 94 valence electrons. The summed E-state index contributed by atoms with van der Waals surface area (Å²) in [5.74, 6) is 0.103. The van der Waals surface area contributed by atoms with E-state index in [9.17, 15) is 9.18 Å². The highest BCUT2D eigenvalue weighted by molar-refractivity contribution is 7.97. The van der Waals surface area contributed by atoms with Crippen LogP contribution in [0.15, 0.2) is 23.1 Å². The van der Waals surface area contributed by atoms with Gasteiger partial charge in [-0.05, 0) is 45.0 Å². The molecule has 0 amide bonds. The van der Waals surface area contributed by atoms with Gasteiger partial charge in [-0.25, -0.2) is 8.70 Å². The van der Waals surface area contributed by atoms with Crippen molar-refractivity contribution in [1.29, 1.82) is 0 Å². The average Bonchev–Trinajstić information content (AvgIpc) is 2.31. The molecule has 0 N–H and O–H groups in total. The van der Waals surface area contributed by atoms with Crippen LogP contribution in [0.4, 0.5) is 4.39 Å². The molecule has 3 nitrogen and oxygen atoms in total. The van der Waals surface area contributed by atoms with Crippen LogP contribution in [-0.4, -0.2) is 30.3 Å². The van der Waals surface area contributed by atoms with Crippen molar-refractivity contribution in [2.24, 2.45) is 0 Å². The number of aldehydes is 1. The molecular formula is C12H16FNO2S. The molecule has 0 aliphatic heterocycles. The summed E-state index contributed by atoms with van der Waals surface area (Å²) in [6, 6.07) is 4.64. The molecule has 0 bridgehead atoms. The number of likely N-dealkylation sites (N-methyl/N-ethyl adjacent to an activating group) is 1. The highest BCUT2D eigenvalue weighted by Gasteiger charge is 2.25. The van der Waals surface area contributed by atoms with Crippen LogP contribution in [0.5, 0.6) is 5.75 Å². The van der Waals surface area contributed by atoms with Crippen molar-refractivity contribution in [3.05, 3.63) is 24.0 Å². The lowest BCUT2D eigenvalue weighted by Gasteiger charge is -2.29. The van der Waals surface area contributed by atoms with Crippen molar-refractivity contribution in [2.75, 3.05) is 14.2 Å². The molecule has 0 heterocycles. The van der Waals surface area contributed by atoms with Gasteiger partial charge in [-0.15, -0.1) is 0 Å². The molecule has 0 aliphatic rings. The van der Waals surface area contributed by atoms with Crippen LogP contribution < -0.4 is 4.74 Å². The molecule has 1 aromatic rings. The fourth-order valence-electron chi connectivity index (χ4n) is 1.07. The maximum absolute atomic E-state index is 13.7. The lowest BCUT2D eigenvalue weighted by molar-refractivity contribution is -0.113. The van der Waals surface area contributed by atoms with E-state index in [-0.39, 0.29) is 5.82 Å². The third kappa shape index (κ3) is 3.20. The number of halogens is 1. The van der Waals surface area contributed by atoms with Crippen molar-refractivity contribution in [1.82, 2.24) is 4.31 Å². The van der Waals surface area contributed by atoms with Gasteiger partial charge in [0.05, 0.1) is 12.6 Å². The number of benzene rings is 1. The summed E-state index contributed by atoms with van der Waals surface area (Å²) in [6.45, 7) is 3.53. The second kappa shape index (κ2) is 5.51. The van der Waals surface area contributed by atoms with E-state index >= 15 is 0 Å². The summed E-state index contributed by atoms with van der Waals surface area (Å²) in [5.41, 5.74) is -0.669. The molecule has 0 spiro atoms. The van der Waals surface area contributed by atoms with Gasteiger partial charge in [-0.1, -0.05) is 6.07 Å². The summed E-state index contributed by atoms with van der Waals surface area (Å²) < 4.78 is 20.5. The first-order valence-electron chi connectivity index (χ1n) is 5.13. The zero-order valence-corrected chi connectivity index (χ0v) is 11.2. The molecule has 0 aromatic heterocycles. The molecule has 0 atom stereocenters. The fraction of sp³-hybridized carbons (Fsp3) is 0.417. The van der Waals surface area contributed by atoms with E-state index in [1.165, 1.54) is 13.2 Å². The van der Waals surface area contributed by atoms with E-state index in [4.69, 9.17) is 4.74 Å². The summed E-state index contributed by atoms with van der Waals surface area (Å²) in [7, 11) is 3.23. The monoisotopic (exact) mass is 257 g/mol. The van der Waals surface area contributed by atoms with Gasteiger partial charge in [0.2, 0.25) is 0 Å². The molecule has 17 heavy (non-hydrogen) atoms. The molecule has 0 fully saturated rings. The number of carbonyl (C=O) groups is 1. The lowest BCUT2D eigenvalue weighted by Crippen LogP contribution is -2.37. The minimum Gasteiger partial charge on any atom is -0.495 e. The van der Waals surface area contributed by atoms with Gasteiger partial charge in [0.25, 0.3) is 0 Å². The normalized spacial score (nSPS) is 11.6. The molecular weight excluding hydrogens is 241 g/mol. The van der Waals surface area contributed by atoms with Crippen LogP contribution in [0.3, 0.4) is 0 Å². The third-order valence-corrected chi connectivity index (χ3v) is 3.80. The van der Waals surface area contributed by atoms with Crippen LogP contribution in [0.2, 0.25) is 0 Å². The number of hydrogen-bond acceptors (Lipinski definition) is 4. The van der Waals surface area contributed by atoms with Crippen molar-refractivity contribution in [3.8, 4) is 5.75 Å².